The molecular formula is C14H15N3OS. The van der Waals surface area contributed by atoms with Crippen molar-refractivity contribution in [2.45, 2.75) is 26.3 Å². The van der Waals surface area contributed by atoms with E-state index in [4.69, 9.17) is 10.2 Å². The molecule has 0 aliphatic heterocycles. The van der Waals surface area contributed by atoms with Gasteiger partial charge in [0.1, 0.15) is 10.6 Å². The highest BCUT2D eigenvalue weighted by atomic mass is 32.1. The summed E-state index contributed by atoms with van der Waals surface area (Å²) in [5, 5.41) is 11.0. The monoisotopic (exact) mass is 273 g/mol. The second kappa shape index (κ2) is 4.75. The smallest absolute Gasteiger partial charge is 0.183 e. The van der Waals surface area contributed by atoms with Crippen LogP contribution < -0.4 is 5.73 Å². The van der Waals surface area contributed by atoms with Crippen LogP contribution in [0.15, 0.2) is 28.7 Å². The minimum atomic E-state index is -0.0436. The number of rotatable bonds is 3. The molecule has 19 heavy (non-hydrogen) atoms. The van der Waals surface area contributed by atoms with E-state index in [1.165, 1.54) is 16.9 Å². The molecule has 0 aliphatic carbocycles. The molecule has 1 aromatic carbocycles. The Kier molecular flexibility index (Phi) is 3.08. The molecule has 3 aromatic rings. The third-order valence-electron chi connectivity index (χ3n) is 3.08. The zero-order valence-electron chi connectivity index (χ0n) is 10.9. The summed E-state index contributed by atoms with van der Waals surface area (Å²) in [5.74, 6) is 0.757. The number of nitrogens with zero attached hydrogens (tertiary/aromatic N) is 2. The Morgan fingerprint density at radius 3 is 2.95 bits per heavy atom. The van der Waals surface area contributed by atoms with Crippen LogP contribution in [0.4, 0.5) is 0 Å². The minimum Gasteiger partial charge on any atom is -0.453 e. The number of aromatic nitrogens is 2. The number of aryl methyl sites for hydroxylation is 1. The highest BCUT2D eigenvalue weighted by molar-refractivity contribution is 7.14. The Morgan fingerprint density at radius 2 is 2.16 bits per heavy atom. The zero-order chi connectivity index (χ0) is 13.4. The van der Waals surface area contributed by atoms with Crippen LogP contribution in [-0.2, 0) is 0 Å². The zero-order valence-corrected chi connectivity index (χ0v) is 11.7. The van der Waals surface area contributed by atoms with Gasteiger partial charge < -0.3 is 10.2 Å². The molecule has 1 unspecified atom stereocenters. The van der Waals surface area contributed by atoms with Crippen LogP contribution in [0.3, 0.4) is 0 Å². The van der Waals surface area contributed by atoms with Crippen molar-refractivity contribution in [1.29, 1.82) is 0 Å². The summed E-state index contributed by atoms with van der Waals surface area (Å²) >= 11 is 1.50. The molecule has 2 N–H and O–H groups in total. The molecule has 98 valence electrons. The van der Waals surface area contributed by atoms with Crippen LogP contribution in [0.1, 0.15) is 30.0 Å². The highest BCUT2D eigenvalue weighted by Crippen LogP contribution is 2.31. The maximum Gasteiger partial charge on any atom is 0.183 e. The predicted octanol–water partition coefficient (Wildman–Crippen LogP) is 3.67. The third kappa shape index (κ3) is 2.27. The van der Waals surface area contributed by atoms with Gasteiger partial charge in [0.25, 0.3) is 0 Å². The van der Waals surface area contributed by atoms with Crippen LogP contribution >= 0.6 is 11.3 Å². The number of benzene rings is 1. The van der Waals surface area contributed by atoms with Gasteiger partial charge in [0.05, 0.1) is 6.04 Å². The van der Waals surface area contributed by atoms with Gasteiger partial charge in [-0.2, -0.15) is 0 Å². The number of hydrogen-bond acceptors (Lipinski definition) is 5. The summed E-state index contributed by atoms with van der Waals surface area (Å²) in [7, 11) is 0. The van der Waals surface area contributed by atoms with E-state index in [1.54, 1.807) is 0 Å². The molecule has 0 radical (unpaired) electrons. The Labute approximate surface area is 115 Å². The third-order valence-corrected chi connectivity index (χ3v) is 4.15. The van der Waals surface area contributed by atoms with Crippen molar-refractivity contribution in [3.63, 3.8) is 0 Å². The maximum atomic E-state index is 5.96. The van der Waals surface area contributed by atoms with Crippen molar-refractivity contribution in [1.82, 2.24) is 10.2 Å². The normalized spacial score (nSPS) is 13.0. The van der Waals surface area contributed by atoms with Gasteiger partial charge in [-0.05, 0) is 31.5 Å². The number of nitrogens with two attached hydrogens (primary N) is 1. The van der Waals surface area contributed by atoms with Crippen molar-refractivity contribution >= 4 is 22.3 Å². The lowest BCUT2D eigenvalue weighted by molar-refractivity contribution is 0.629. The fraction of sp³-hybridized carbons (Fsp3) is 0.286. The second-order valence-corrected chi connectivity index (χ2v) is 5.62. The van der Waals surface area contributed by atoms with Crippen LogP contribution in [0.5, 0.6) is 0 Å². The molecule has 2 aromatic heterocycles. The van der Waals surface area contributed by atoms with Crippen molar-refractivity contribution in [2.24, 2.45) is 5.73 Å². The van der Waals surface area contributed by atoms with Gasteiger partial charge in [-0.15, -0.1) is 10.2 Å². The van der Waals surface area contributed by atoms with Gasteiger partial charge in [-0.25, -0.2) is 0 Å². The summed E-state index contributed by atoms with van der Waals surface area (Å²) < 4.78 is 5.80. The standard InChI is InChI=1S/C14H15N3OS/c1-3-10(15)13-16-17-14(19-13)12-7-9-6-8(2)4-5-11(9)18-12/h4-7,10H,3,15H2,1-2H3. The van der Waals surface area contributed by atoms with Crippen molar-refractivity contribution < 1.29 is 4.42 Å². The van der Waals surface area contributed by atoms with E-state index in [0.717, 1.165) is 33.2 Å². The van der Waals surface area contributed by atoms with Gasteiger partial charge in [-0.3, -0.25) is 0 Å². The first-order valence-corrected chi connectivity index (χ1v) is 7.08. The van der Waals surface area contributed by atoms with E-state index in [-0.39, 0.29) is 6.04 Å². The fourth-order valence-electron chi connectivity index (χ4n) is 1.93. The average molecular weight is 273 g/mol. The SMILES string of the molecule is CCC(N)c1nnc(-c2cc3cc(C)ccc3o2)s1. The van der Waals surface area contributed by atoms with Crippen LogP contribution in [0.2, 0.25) is 0 Å². The topological polar surface area (TPSA) is 64.9 Å². The van der Waals surface area contributed by atoms with Gasteiger partial charge in [0.2, 0.25) is 0 Å². The van der Waals surface area contributed by atoms with E-state index in [1.807, 2.05) is 25.1 Å². The fourth-order valence-corrected chi connectivity index (χ4v) is 2.81. The summed E-state index contributed by atoms with van der Waals surface area (Å²) in [4.78, 5) is 0. The maximum absolute atomic E-state index is 5.96. The summed E-state index contributed by atoms with van der Waals surface area (Å²) in [6, 6.07) is 8.08. The molecule has 0 bridgehead atoms. The molecule has 0 fully saturated rings. The molecule has 1 atom stereocenters. The molecule has 0 aliphatic rings. The van der Waals surface area contributed by atoms with Crippen molar-refractivity contribution in [2.75, 3.05) is 0 Å². The van der Waals surface area contributed by atoms with E-state index >= 15 is 0 Å². The lowest BCUT2D eigenvalue weighted by Gasteiger charge is -2.00. The quantitative estimate of drug-likeness (QED) is 0.790. The number of fused-ring (bicyclic) bond motifs is 1. The number of hydrogen-bond donors (Lipinski definition) is 1. The second-order valence-electron chi connectivity index (χ2n) is 4.61. The molecule has 0 spiro atoms. The first kappa shape index (κ1) is 12.3. The lowest BCUT2D eigenvalue weighted by atomic mass is 10.2. The highest BCUT2D eigenvalue weighted by Gasteiger charge is 2.15. The molecule has 3 rings (SSSR count). The minimum absolute atomic E-state index is 0.0436. The van der Waals surface area contributed by atoms with Gasteiger partial charge in [0.15, 0.2) is 10.8 Å². The van der Waals surface area contributed by atoms with Crippen LogP contribution in [0.25, 0.3) is 21.7 Å². The first-order valence-electron chi connectivity index (χ1n) is 6.27. The van der Waals surface area contributed by atoms with Crippen molar-refractivity contribution in [3.8, 4) is 10.8 Å². The Bertz CT molecular complexity index is 716. The number of furan rings is 1. The molecule has 4 nitrogen and oxygen atoms in total. The summed E-state index contributed by atoms with van der Waals surface area (Å²) in [6.45, 7) is 4.10. The summed E-state index contributed by atoms with van der Waals surface area (Å²) in [5.41, 5.74) is 8.04. The van der Waals surface area contributed by atoms with E-state index < -0.39 is 0 Å². The Balaban J connectivity index is 2.01. The lowest BCUT2D eigenvalue weighted by Crippen LogP contribution is -2.07. The largest absolute Gasteiger partial charge is 0.453 e. The van der Waals surface area contributed by atoms with Crippen molar-refractivity contribution in [3.05, 3.63) is 34.8 Å². The molecule has 5 heteroatoms. The van der Waals surface area contributed by atoms with E-state index in [2.05, 4.69) is 23.2 Å². The van der Waals surface area contributed by atoms with Gasteiger partial charge in [-0.1, -0.05) is 29.9 Å². The molecule has 0 saturated carbocycles. The Morgan fingerprint density at radius 1 is 1.32 bits per heavy atom. The predicted molar refractivity (Wildman–Crippen MR) is 77.1 cm³/mol. The van der Waals surface area contributed by atoms with Gasteiger partial charge in [0, 0.05) is 5.39 Å². The van der Waals surface area contributed by atoms with E-state index in [9.17, 15) is 0 Å². The Hall–Kier alpha value is -1.72. The molecule has 0 amide bonds. The molecular weight excluding hydrogens is 258 g/mol. The van der Waals surface area contributed by atoms with Crippen LogP contribution in [0, 0.1) is 6.92 Å². The van der Waals surface area contributed by atoms with Crippen LogP contribution in [-0.4, -0.2) is 10.2 Å². The van der Waals surface area contributed by atoms with Gasteiger partial charge >= 0.3 is 0 Å². The summed E-state index contributed by atoms with van der Waals surface area (Å²) in [6.07, 6.45) is 0.855. The molecule has 2 heterocycles. The molecule has 0 saturated heterocycles. The first-order chi connectivity index (χ1) is 9.17. The average Bonchev–Trinajstić information content (AvgIpc) is 3.03. The van der Waals surface area contributed by atoms with E-state index in [0.29, 0.717) is 0 Å².